The fourth-order valence-corrected chi connectivity index (χ4v) is 1.94. The molecule has 3 nitrogen and oxygen atoms in total. The van der Waals surface area contributed by atoms with E-state index < -0.39 is 11.6 Å². The molecule has 2 aromatic rings. The topological polar surface area (TPSA) is 42.2 Å². The van der Waals surface area contributed by atoms with Crippen molar-refractivity contribution in [1.29, 1.82) is 5.26 Å². The van der Waals surface area contributed by atoms with Crippen LogP contribution in [-0.4, -0.2) is 7.11 Å². The number of methoxy groups -OCH3 is 1. The highest BCUT2D eigenvalue weighted by Gasteiger charge is 2.14. The van der Waals surface area contributed by atoms with E-state index in [1.54, 1.807) is 6.07 Å². The van der Waals surface area contributed by atoms with Gasteiger partial charge in [0.2, 0.25) is 5.82 Å². The standard InChI is InChI=1S/C14H8BrF2NO2/c1-19-10-3-2-8(7-18)12(6-10)20-13-5-9(15)4-11(16)14(13)17/h2-6H,1H3. The summed E-state index contributed by atoms with van der Waals surface area (Å²) < 4.78 is 37.6. The lowest BCUT2D eigenvalue weighted by Crippen LogP contribution is -1.95. The molecule has 0 fully saturated rings. The average molecular weight is 340 g/mol. The molecule has 2 rings (SSSR count). The summed E-state index contributed by atoms with van der Waals surface area (Å²) in [6.07, 6.45) is 0. The molecule has 0 aliphatic carbocycles. The fourth-order valence-electron chi connectivity index (χ4n) is 1.53. The van der Waals surface area contributed by atoms with Crippen LogP contribution in [0.15, 0.2) is 34.8 Å². The Hall–Kier alpha value is -2.13. The molecule has 0 saturated heterocycles. The van der Waals surface area contributed by atoms with Gasteiger partial charge in [0, 0.05) is 10.5 Å². The van der Waals surface area contributed by atoms with Crippen molar-refractivity contribution in [3.63, 3.8) is 0 Å². The van der Waals surface area contributed by atoms with Crippen molar-refractivity contribution in [2.75, 3.05) is 7.11 Å². The number of benzene rings is 2. The fraction of sp³-hybridized carbons (Fsp3) is 0.0714. The van der Waals surface area contributed by atoms with Crippen LogP contribution in [0.4, 0.5) is 8.78 Å². The van der Waals surface area contributed by atoms with E-state index in [1.165, 1.54) is 25.3 Å². The molecule has 0 aliphatic heterocycles. The first-order valence-electron chi connectivity index (χ1n) is 5.45. The molecule has 0 aromatic heterocycles. The number of halogens is 3. The molecule has 20 heavy (non-hydrogen) atoms. The summed E-state index contributed by atoms with van der Waals surface area (Å²) in [7, 11) is 1.45. The largest absolute Gasteiger partial charge is 0.497 e. The minimum absolute atomic E-state index is 0.0863. The first-order chi connectivity index (χ1) is 9.55. The van der Waals surface area contributed by atoms with Crippen LogP contribution in [0.25, 0.3) is 0 Å². The third-order valence-electron chi connectivity index (χ3n) is 2.49. The van der Waals surface area contributed by atoms with Crippen molar-refractivity contribution in [3.05, 3.63) is 52.0 Å². The number of nitriles is 1. The van der Waals surface area contributed by atoms with Gasteiger partial charge in [0.05, 0.1) is 12.7 Å². The maximum Gasteiger partial charge on any atom is 0.201 e. The van der Waals surface area contributed by atoms with Crippen LogP contribution in [0, 0.1) is 23.0 Å². The summed E-state index contributed by atoms with van der Waals surface area (Å²) in [5, 5.41) is 8.99. The van der Waals surface area contributed by atoms with Crippen LogP contribution < -0.4 is 9.47 Å². The summed E-state index contributed by atoms with van der Waals surface area (Å²) >= 11 is 3.05. The van der Waals surface area contributed by atoms with Gasteiger partial charge in [-0.05, 0) is 24.3 Å². The zero-order chi connectivity index (χ0) is 14.7. The van der Waals surface area contributed by atoms with E-state index in [9.17, 15) is 8.78 Å². The minimum atomic E-state index is -1.13. The Balaban J connectivity index is 2.47. The quantitative estimate of drug-likeness (QED) is 0.778. The molecule has 0 radical (unpaired) electrons. The Morgan fingerprint density at radius 2 is 1.90 bits per heavy atom. The molecule has 102 valence electrons. The van der Waals surface area contributed by atoms with Gasteiger partial charge in [-0.1, -0.05) is 15.9 Å². The van der Waals surface area contributed by atoms with E-state index in [0.29, 0.717) is 10.2 Å². The Morgan fingerprint density at radius 3 is 2.55 bits per heavy atom. The highest BCUT2D eigenvalue weighted by molar-refractivity contribution is 9.10. The van der Waals surface area contributed by atoms with Gasteiger partial charge in [-0.15, -0.1) is 0 Å². The molecule has 0 spiro atoms. The molecule has 0 aliphatic rings. The Morgan fingerprint density at radius 1 is 1.15 bits per heavy atom. The van der Waals surface area contributed by atoms with Gasteiger partial charge in [0.25, 0.3) is 0 Å². The molecular weight excluding hydrogens is 332 g/mol. The lowest BCUT2D eigenvalue weighted by atomic mass is 10.2. The van der Waals surface area contributed by atoms with E-state index >= 15 is 0 Å². The number of rotatable bonds is 3. The maximum absolute atomic E-state index is 13.7. The van der Waals surface area contributed by atoms with Gasteiger partial charge in [-0.25, -0.2) is 4.39 Å². The summed E-state index contributed by atoms with van der Waals surface area (Å²) in [4.78, 5) is 0. The second-order valence-corrected chi connectivity index (χ2v) is 4.69. The Kier molecular flexibility index (Phi) is 4.20. The van der Waals surface area contributed by atoms with Crippen LogP contribution in [-0.2, 0) is 0 Å². The van der Waals surface area contributed by atoms with Gasteiger partial charge in [0.15, 0.2) is 11.6 Å². The van der Waals surface area contributed by atoms with Crippen molar-refractivity contribution in [2.45, 2.75) is 0 Å². The molecule has 0 bridgehead atoms. The van der Waals surface area contributed by atoms with Crippen LogP contribution in [0.5, 0.6) is 17.2 Å². The first-order valence-corrected chi connectivity index (χ1v) is 6.25. The van der Waals surface area contributed by atoms with Crippen molar-refractivity contribution < 1.29 is 18.3 Å². The molecule has 0 heterocycles. The number of nitrogens with zero attached hydrogens (tertiary/aromatic N) is 1. The third-order valence-corrected chi connectivity index (χ3v) is 2.95. The molecule has 0 N–H and O–H groups in total. The maximum atomic E-state index is 13.7. The predicted molar refractivity (Wildman–Crippen MR) is 71.8 cm³/mol. The number of hydrogen-bond donors (Lipinski definition) is 0. The highest BCUT2D eigenvalue weighted by atomic mass is 79.9. The molecule has 0 saturated carbocycles. The van der Waals surface area contributed by atoms with E-state index in [2.05, 4.69) is 15.9 Å². The van der Waals surface area contributed by atoms with Gasteiger partial charge < -0.3 is 9.47 Å². The van der Waals surface area contributed by atoms with Gasteiger partial charge in [-0.2, -0.15) is 9.65 Å². The van der Waals surface area contributed by atoms with Gasteiger partial charge in [0.1, 0.15) is 17.6 Å². The first kappa shape index (κ1) is 14.3. The van der Waals surface area contributed by atoms with E-state index in [-0.39, 0.29) is 17.1 Å². The molecule has 2 aromatic carbocycles. The van der Waals surface area contributed by atoms with E-state index in [1.807, 2.05) is 6.07 Å². The molecule has 0 unspecified atom stereocenters. The normalized spacial score (nSPS) is 9.95. The summed E-state index contributed by atoms with van der Waals surface area (Å²) in [6.45, 7) is 0. The summed E-state index contributed by atoms with van der Waals surface area (Å²) in [6, 6.07) is 8.64. The highest BCUT2D eigenvalue weighted by Crippen LogP contribution is 2.33. The predicted octanol–water partition coefficient (Wildman–Crippen LogP) is 4.40. The monoisotopic (exact) mass is 339 g/mol. The summed E-state index contributed by atoms with van der Waals surface area (Å²) in [5.74, 6) is -1.96. The zero-order valence-electron chi connectivity index (χ0n) is 10.3. The van der Waals surface area contributed by atoms with Crippen molar-refractivity contribution in [1.82, 2.24) is 0 Å². The van der Waals surface area contributed by atoms with Gasteiger partial charge in [-0.3, -0.25) is 0 Å². The second-order valence-electron chi connectivity index (χ2n) is 3.78. The van der Waals surface area contributed by atoms with E-state index in [4.69, 9.17) is 14.7 Å². The Labute approximate surface area is 122 Å². The van der Waals surface area contributed by atoms with Crippen molar-refractivity contribution in [2.24, 2.45) is 0 Å². The van der Waals surface area contributed by atoms with Gasteiger partial charge >= 0.3 is 0 Å². The second kappa shape index (κ2) is 5.88. The third kappa shape index (κ3) is 2.89. The number of hydrogen-bond acceptors (Lipinski definition) is 3. The van der Waals surface area contributed by atoms with Crippen LogP contribution in [0.2, 0.25) is 0 Å². The zero-order valence-corrected chi connectivity index (χ0v) is 11.9. The molecule has 0 amide bonds. The lowest BCUT2D eigenvalue weighted by Gasteiger charge is -2.10. The Bertz CT molecular complexity index is 698. The SMILES string of the molecule is COc1ccc(C#N)c(Oc2cc(Br)cc(F)c2F)c1. The van der Waals surface area contributed by atoms with Crippen molar-refractivity contribution in [3.8, 4) is 23.3 Å². The van der Waals surface area contributed by atoms with E-state index in [0.717, 1.165) is 6.07 Å². The molecule has 6 heteroatoms. The molecule has 0 atom stereocenters. The minimum Gasteiger partial charge on any atom is -0.497 e. The summed E-state index contributed by atoms with van der Waals surface area (Å²) in [5.41, 5.74) is 0.186. The number of ether oxygens (including phenoxy) is 2. The smallest absolute Gasteiger partial charge is 0.201 e. The average Bonchev–Trinajstić information content (AvgIpc) is 2.44. The van der Waals surface area contributed by atoms with Crippen LogP contribution in [0.3, 0.4) is 0 Å². The van der Waals surface area contributed by atoms with Crippen molar-refractivity contribution >= 4 is 15.9 Å². The van der Waals surface area contributed by atoms with Crippen LogP contribution in [0.1, 0.15) is 5.56 Å². The molecular formula is C14H8BrF2NO2. The lowest BCUT2D eigenvalue weighted by molar-refractivity contribution is 0.398. The van der Waals surface area contributed by atoms with Crippen LogP contribution >= 0.6 is 15.9 Å².